The number of fused-ring (bicyclic) bond motifs is 1. The largest absolute Gasteiger partial charge is 0.484 e. The molecule has 1 aliphatic carbocycles. The summed E-state index contributed by atoms with van der Waals surface area (Å²) in [5.74, 6) is 0.961. The van der Waals surface area contributed by atoms with Crippen LogP contribution in [0.2, 0.25) is 0 Å². The predicted octanol–water partition coefficient (Wildman–Crippen LogP) is 2.96. The van der Waals surface area contributed by atoms with Crippen molar-refractivity contribution < 1.29 is 9.53 Å². The monoisotopic (exact) mass is 380 g/mol. The fourth-order valence-corrected chi connectivity index (χ4v) is 3.26. The number of ether oxygens (including phenoxy) is 1. The first-order valence-corrected chi connectivity index (χ1v) is 9.62. The van der Waals surface area contributed by atoms with Crippen LogP contribution in [0.15, 0.2) is 47.5 Å². The van der Waals surface area contributed by atoms with E-state index in [4.69, 9.17) is 10.5 Å². The lowest BCUT2D eigenvalue weighted by Crippen LogP contribution is -2.27. The SMILES string of the molecule is CN(C)C(=O)COc1cccc(CN=C(N)Nc2cccc3c2CCCC3)c1. The number of aryl methyl sites for hydroxylation is 1. The molecule has 0 saturated heterocycles. The Labute approximate surface area is 166 Å². The summed E-state index contributed by atoms with van der Waals surface area (Å²) < 4.78 is 5.55. The minimum absolute atomic E-state index is 0.0164. The second kappa shape index (κ2) is 9.26. The number of hydrogen-bond donors (Lipinski definition) is 2. The second-order valence-corrected chi connectivity index (χ2v) is 7.20. The lowest BCUT2D eigenvalue weighted by atomic mass is 9.90. The summed E-state index contributed by atoms with van der Waals surface area (Å²) in [5.41, 5.74) is 10.9. The molecule has 1 amide bonds. The van der Waals surface area contributed by atoms with Gasteiger partial charge in [-0.1, -0.05) is 24.3 Å². The van der Waals surface area contributed by atoms with Crippen molar-refractivity contribution >= 4 is 17.6 Å². The van der Waals surface area contributed by atoms with Crippen LogP contribution in [0.3, 0.4) is 0 Å². The minimum atomic E-state index is -0.0805. The van der Waals surface area contributed by atoms with Crippen LogP contribution in [0.5, 0.6) is 5.75 Å². The molecule has 0 bridgehead atoms. The number of likely N-dealkylation sites (N-methyl/N-ethyl adjacent to an activating group) is 1. The highest BCUT2D eigenvalue weighted by molar-refractivity contribution is 5.93. The molecular weight excluding hydrogens is 352 g/mol. The number of hydrogen-bond acceptors (Lipinski definition) is 3. The van der Waals surface area contributed by atoms with Crippen molar-refractivity contribution in [1.82, 2.24) is 4.90 Å². The van der Waals surface area contributed by atoms with Gasteiger partial charge in [-0.05, 0) is 60.6 Å². The summed E-state index contributed by atoms with van der Waals surface area (Å²) in [6, 6.07) is 13.9. The van der Waals surface area contributed by atoms with E-state index in [0.29, 0.717) is 18.3 Å². The van der Waals surface area contributed by atoms with E-state index in [-0.39, 0.29) is 12.5 Å². The number of nitrogens with zero attached hydrogens (tertiary/aromatic N) is 2. The van der Waals surface area contributed by atoms with E-state index in [1.807, 2.05) is 24.3 Å². The minimum Gasteiger partial charge on any atom is -0.484 e. The molecule has 0 atom stereocenters. The molecule has 0 radical (unpaired) electrons. The third kappa shape index (κ3) is 5.25. The predicted molar refractivity (Wildman–Crippen MR) is 113 cm³/mol. The van der Waals surface area contributed by atoms with E-state index in [9.17, 15) is 4.79 Å². The van der Waals surface area contributed by atoms with E-state index >= 15 is 0 Å². The summed E-state index contributed by atoms with van der Waals surface area (Å²) in [6.45, 7) is 0.454. The highest BCUT2D eigenvalue weighted by atomic mass is 16.5. The van der Waals surface area contributed by atoms with Crippen molar-refractivity contribution in [3.8, 4) is 5.75 Å². The number of aliphatic imine (C=N–C) groups is 1. The van der Waals surface area contributed by atoms with Gasteiger partial charge in [0.25, 0.3) is 5.91 Å². The van der Waals surface area contributed by atoms with Gasteiger partial charge in [0.05, 0.1) is 6.54 Å². The number of benzene rings is 2. The molecule has 0 aliphatic heterocycles. The Morgan fingerprint density at radius 3 is 2.79 bits per heavy atom. The number of anilines is 1. The molecule has 0 fully saturated rings. The van der Waals surface area contributed by atoms with Crippen LogP contribution in [-0.4, -0.2) is 37.5 Å². The first-order valence-electron chi connectivity index (χ1n) is 9.62. The molecule has 2 aromatic carbocycles. The summed E-state index contributed by atoms with van der Waals surface area (Å²) in [6.07, 6.45) is 4.67. The van der Waals surface area contributed by atoms with E-state index in [1.54, 1.807) is 14.1 Å². The molecule has 6 heteroatoms. The van der Waals surface area contributed by atoms with Crippen molar-refractivity contribution in [2.75, 3.05) is 26.0 Å². The van der Waals surface area contributed by atoms with Crippen molar-refractivity contribution in [3.05, 3.63) is 59.2 Å². The molecule has 0 aromatic heterocycles. The lowest BCUT2D eigenvalue weighted by molar-refractivity contribution is -0.130. The van der Waals surface area contributed by atoms with Crippen LogP contribution in [0.4, 0.5) is 5.69 Å². The Morgan fingerprint density at radius 1 is 1.18 bits per heavy atom. The molecule has 1 aliphatic rings. The maximum absolute atomic E-state index is 11.6. The molecule has 3 rings (SSSR count). The average molecular weight is 380 g/mol. The van der Waals surface area contributed by atoms with Gasteiger partial charge < -0.3 is 20.7 Å². The fraction of sp³-hybridized carbons (Fsp3) is 0.364. The zero-order valence-corrected chi connectivity index (χ0v) is 16.6. The zero-order chi connectivity index (χ0) is 19.9. The highest BCUT2D eigenvalue weighted by Gasteiger charge is 2.13. The summed E-state index contributed by atoms with van der Waals surface area (Å²) in [7, 11) is 3.41. The van der Waals surface area contributed by atoms with Crippen LogP contribution in [0.1, 0.15) is 29.5 Å². The van der Waals surface area contributed by atoms with Crippen molar-refractivity contribution in [1.29, 1.82) is 0 Å². The summed E-state index contributed by atoms with van der Waals surface area (Å²) >= 11 is 0. The topological polar surface area (TPSA) is 80.0 Å². The van der Waals surface area contributed by atoms with Crippen LogP contribution >= 0.6 is 0 Å². The van der Waals surface area contributed by atoms with E-state index < -0.39 is 0 Å². The summed E-state index contributed by atoms with van der Waals surface area (Å²) in [4.78, 5) is 17.6. The van der Waals surface area contributed by atoms with Crippen LogP contribution in [0.25, 0.3) is 0 Å². The fourth-order valence-electron chi connectivity index (χ4n) is 3.26. The number of carbonyl (C=O) groups excluding carboxylic acids is 1. The first-order chi connectivity index (χ1) is 13.5. The quantitative estimate of drug-likeness (QED) is 0.596. The maximum Gasteiger partial charge on any atom is 0.259 e. The van der Waals surface area contributed by atoms with Gasteiger partial charge in [0.2, 0.25) is 0 Å². The van der Waals surface area contributed by atoms with Crippen LogP contribution < -0.4 is 15.8 Å². The van der Waals surface area contributed by atoms with Gasteiger partial charge in [-0.25, -0.2) is 4.99 Å². The normalized spacial score (nSPS) is 13.6. The Kier molecular flexibility index (Phi) is 6.53. The average Bonchev–Trinajstić information content (AvgIpc) is 2.71. The molecular formula is C22H28N4O2. The number of nitrogens with one attached hydrogen (secondary N) is 1. The molecule has 148 valence electrons. The third-order valence-corrected chi connectivity index (χ3v) is 4.85. The molecule has 2 aromatic rings. The number of rotatable bonds is 6. The molecule has 0 spiro atoms. The van der Waals surface area contributed by atoms with E-state index in [2.05, 4.69) is 28.5 Å². The Morgan fingerprint density at radius 2 is 1.96 bits per heavy atom. The van der Waals surface area contributed by atoms with Crippen molar-refractivity contribution in [2.45, 2.75) is 32.2 Å². The molecule has 0 heterocycles. The third-order valence-electron chi connectivity index (χ3n) is 4.85. The van der Waals surface area contributed by atoms with Gasteiger partial charge >= 0.3 is 0 Å². The second-order valence-electron chi connectivity index (χ2n) is 7.20. The van der Waals surface area contributed by atoms with E-state index in [0.717, 1.165) is 24.1 Å². The lowest BCUT2D eigenvalue weighted by Gasteiger charge is -2.19. The van der Waals surface area contributed by atoms with Gasteiger partial charge in [0.1, 0.15) is 5.75 Å². The summed E-state index contributed by atoms with van der Waals surface area (Å²) in [5, 5.41) is 3.25. The number of amides is 1. The Hall–Kier alpha value is -3.02. The van der Waals surface area contributed by atoms with Crippen LogP contribution in [-0.2, 0) is 24.2 Å². The van der Waals surface area contributed by atoms with Gasteiger partial charge in [0, 0.05) is 19.8 Å². The molecule has 3 N–H and O–H groups in total. The highest BCUT2D eigenvalue weighted by Crippen LogP contribution is 2.27. The Balaban J connectivity index is 1.61. The van der Waals surface area contributed by atoms with Gasteiger partial charge in [0.15, 0.2) is 12.6 Å². The zero-order valence-electron chi connectivity index (χ0n) is 16.6. The van der Waals surface area contributed by atoms with Gasteiger partial charge in [-0.3, -0.25) is 4.79 Å². The first kappa shape index (κ1) is 19.7. The van der Waals surface area contributed by atoms with Gasteiger partial charge in [-0.2, -0.15) is 0 Å². The maximum atomic E-state index is 11.6. The number of guanidine groups is 1. The van der Waals surface area contributed by atoms with Crippen molar-refractivity contribution in [3.63, 3.8) is 0 Å². The molecule has 0 saturated carbocycles. The molecule has 0 unspecified atom stereocenters. The van der Waals surface area contributed by atoms with Crippen LogP contribution in [0, 0.1) is 0 Å². The van der Waals surface area contributed by atoms with E-state index in [1.165, 1.54) is 28.9 Å². The van der Waals surface area contributed by atoms with Gasteiger partial charge in [-0.15, -0.1) is 0 Å². The number of carbonyl (C=O) groups is 1. The standard InChI is InChI=1S/C22H28N4O2/c1-26(2)21(27)15-28-18-10-5-7-16(13-18)14-24-22(23)25-20-12-6-9-17-8-3-4-11-19(17)20/h5-7,9-10,12-13H,3-4,8,11,14-15H2,1-2H3,(H3,23,24,25). The smallest absolute Gasteiger partial charge is 0.259 e. The Bertz CT molecular complexity index is 861. The number of nitrogens with two attached hydrogens (primary N) is 1. The molecule has 28 heavy (non-hydrogen) atoms. The van der Waals surface area contributed by atoms with Crippen molar-refractivity contribution in [2.24, 2.45) is 10.7 Å². The molecule has 6 nitrogen and oxygen atoms in total.